The predicted molar refractivity (Wildman–Crippen MR) is 89.7 cm³/mol. The Morgan fingerprint density at radius 1 is 1.15 bits per heavy atom. The van der Waals surface area contributed by atoms with Gasteiger partial charge in [-0.1, -0.05) is 19.1 Å². The normalized spacial score (nSPS) is 10.3. The van der Waals surface area contributed by atoms with Crippen LogP contribution < -0.4 is 4.90 Å². The lowest BCUT2D eigenvalue weighted by Gasteiger charge is -2.20. The molecule has 0 bridgehead atoms. The third kappa shape index (κ3) is 3.09. The highest BCUT2D eigenvalue weighted by Crippen LogP contribution is 2.29. The fraction of sp³-hybridized carbons (Fsp3) is 0.200. The second-order valence-electron chi connectivity index (χ2n) is 4.47. The van der Waals surface area contributed by atoms with E-state index in [9.17, 15) is 10.1 Å². The maximum atomic E-state index is 10.8. The zero-order chi connectivity index (χ0) is 14.7. The van der Waals surface area contributed by atoms with Gasteiger partial charge in [0.1, 0.15) is 0 Å². The van der Waals surface area contributed by atoms with Crippen LogP contribution in [0.2, 0.25) is 0 Å². The van der Waals surface area contributed by atoms with Crippen molar-refractivity contribution in [3.8, 4) is 0 Å². The van der Waals surface area contributed by atoms with Gasteiger partial charge in [0, 0.05) is 24.5 Å². The molecule has 2 aromatic carbocycles. The third-order valence-electron chi connectivity index (χ3n) is 3.25. The summed E-state index contributed by atoms with van der Waals surface area (Å²) >= 11 is 2.00. The Bertz CT molecular complexity index is 626. The fourth-order valence-corrected chi connectivity index (χ4v) is 2.65. The minimum Gasteiger partial charge on any atom is -0.345 e. The molecule has 0 aromatic heterocycles. The molecule has 0 fully saturated rings. The number of nitrogens with zero attached hydrogens (tertiary/aromatic N) is 2. The molecule has 0 unspecified atom stereocenters. The zero-order valence-electron chi connectivity index (χ0n) is 11.3. The van der Waals surface area contributed by atoms with Crippen LogP contribution in [-0.2, 0) is 6.42 Å². The first kappa shape index (κ1) is 14.8. The highest BCUT2D eigenvalue weighted by Gasteiger charge is 2.13. The van der Waals surface area contributed by atoms with Gasteiger partial charge in [0.2, 0.25) is 0 Å². The van der Waals surface area contributed by atoms with Crippen LogP contribution in [0.15, 0.2) is 42.5 Å². The van der Waals surface area contributed by atoms with Crippen molar-refractivity contribution < 1.29 is 4.92 Å². The van der Waals surface area contributed by atoms with E-state index in [4.69, 9.17) is 0 Å². The average Bonchev–Trinajstić information content (AvgIpc) is 2.46. The first-order valence-electron chi connectivity index (χ1n) is 6.29. The summed E-state index contributed by atoms with van der Waals surface area (Å²) in [4.78, 5) is 12.5. The van der Waals surface area contributed by atoms with Gasteiger partial charge in [-0.25, -0.2) is 0 Å². The molecule has 0 spiro atoms. The summed E-state index contributed by atoms with van der Waals surface area (Å²) in [6, 6.07) is 13.5. The Labute approximate surface area is 131 Å². The summed E-state index contributed by atoms with van der Waals surface area (Å²) in [6.07, 6.45) is 1.01. The van der Waals surface area contributed by atoms with Gasteiger partial charge in [0.15, 0.2) is 0 Å². The van der Waals surface area contributed by atoms with E-state index in [0.29, 0.717) is 3.57 Å². The molecule has 0 saturated carbocycles. The van der Waals surface area contributed by atoms with Gasteiger partial charge in [0.05, 0.1) is 8.49 Å². The smallest absolute Gasteiger partial charge is 0.282 e. The van der Waals surface area contributed by atoms with Crippen molar-refractivity contribution in [2.24, 2.45) is 0 Å². The number of rotatable bonds is 4. The van der Waals surface area contributed by atoms with E-state index in [-0.39, 0.29) is 10.6 Å². The molecule has 0 saturated heterocycles. The van der Waals surface area contributed by atoms with Crippen LogP contribution in [-0.4, -0.2) is 12.0 Å². The van der Waals surface area contributed by atoms with Crippen LogP contribution in [0.5, 0.6) is 0 Å². The number of nitro benzene ring substituents is 1. The molecule has 0 N–H and O–H groups in total. The Kier molecular flexibility index (Phi) is 4.59. The van der Waals surface area contributed by atoms with E-state index in [0.717, 1.165) is 17.8 Å². The van der Waals surface area contributed by atoms with Gasteiger partial charge >= 0.3 is 0 Å². The molecule has 20 heavy (non-hydrogen) atoms. The highest BCUT2D eigenvalue weighted by atomic mass is 127. The SMILES string of the molecule is CCc1ccc(N(C)c2ccc([N+](=O)[O-])c(I)c2)cc1. The van der Waals surface area contributed by atoms with E-state index >= 15 is 0 Å². The molecular formula is C15H15IN2O2. The molecule has 4 nitrogen and oxygen atoms in total. The molecule has 104 valence electrons. The number of halogens is 1. The summed E-state index contributed by atoms with van der Waals surface area (Å²) in [5.41, 5.74) is 3.43. The molecule has 0 radical (unpaired) electrons. The van der Waals surface area contributed by atoms with Crippen molar-refractivity contribution >= 4 is 39.7 Å². The van der Waals surface area contributed by atoms with E-state index in [1.807, 2.05) is 40.6 Å². The molecule has 0 aliphatic carbocycles. The van der Waals surface area contributed by atoms with E-state index in [1.165, 1.54) is 5.56 Å². The van der Waals surface area contributed by atoms with Gasteiger partial charge in [-0.3, -0.25) is 10.1 Å². The van der Waals surface area contributed by atoms with Crippen LogP contribution in [0.3, 0.4) is 0 Å². The largest absolute Gasteiger partial charge is 0.345 e. The lowest BCUT2D eigenvalue weighted by Crippen LogP contribution is -2.09. The Balaban J connectivity index is 2.30. The number of aryl methyl sites for hydroxylation is 1. The summed E-state index contributed by atoms with van der Waals surface area (Å²) in [7, 11) is 1.96. The van der Waals surface area contributed by atoms with Crippen LogP contribution in [0, 0.1) is 13.7 Å². The first-order valence-corrected chi connectivity index (χ1v) is 7.37. The average molecular weight is 382 g/mol. The minimum absolute atomic E-state index is 0.143. The van der Waals surface area contributed by atoms with Gasteiger partial charge in [0.25, 0.3) is 5.69 Å². The molecule has 2 aromatic rings. The van der Waals surface area contributed by atoms with Gasteiger partial charge in [-0.15, -0.1) is 0 Å². The molecule has 0 atom stereocenters. The molecule has 0 heterocycles. The fourth-order valence-electron chi connectivity index (χ4n) is 1.96. The maximum Gasteiger partial charge on any atom is 0.282 e. The maximum absolute atomic E-state index is 10.8. The van der Waals surface area contributed by atoms with Crippen molar-refractivity contribution in [3.63, 3.8) is 0 Å². The van der Waals surface area contributed by atoms with Crippen LogP contribution >= 0.6 is 22.6 Å². The van der Waals surface area contributed by atoms with Crippen molar-refractivity contribution in [1.82, 2.24) is 0 Å². The van der Waals surface area contributed by atoms with Gasteiger partial charge in [-0.05, 0) is 58.8 Å². The number of hydrogen-bond donors (Lipinski definition) is 0. The molecule has 5 heteroatoms. The predicted octanol–water partition coefficient (Wildman–Crippen LogP) is 4.53. The Hall–Kier alpha value is -1.63. The second-order valence-corrected chi connectivity index (χ2v) is 5.63. The number of benzene rings is 2. The summed E-state index contributed by atoms with van der Waals surface area (Å²) in [6.45, 7) is 2.12. The number of hydrogen-bond acceptors (Lipinski definition) is 3. The summed E-state index contributed by atoms with van der Waals surface area (Å²) in [5.74, 6) is 0. The molecule has 2 rings (SSSR count). The topological polar surface area (TPSA) is 46.4 Å². The lowest BCUT2D eigenvalue weighted by atomic mass is 10.1. The van der Waals surface area contributed by atoms with Crippen molar-refractivity contribution in [3.05, 3.63) is 61.7 Å². The van der Waals surface area contributed by atoms with Crippen molar-refractivity contribution in [1.29, 1.82) is 0 Å². The highest BCUT2D eigenvalue weighted by molar-refractivity contribution is 14.1. The number of anilines is 2. The Morgan fingerprint density at radius 2 is 1.75 bits per heavy atom. The first-order chi connectivity index (χ1) is 9.52. The minimum atomic E-state index is -0.360. The van der Waals surface area contributed by atoms with Crippen LogP contribution in [0.1, 0.15) is 12.5 Å². The van der Waals surface area contributed by atoms with E-state index < -0.39 is 0 Å². The van der Waals surface area contributed by atoms with Gasteiger partial charge in [-0.2, -0.15) is 0 Å². The van der Waals surface area contributed by atoms with Crippen LogP contribution in [0.25, 0.3) is 0 Å². The van der Waals surface area contributed by atoms with E-state index in [1.54, 1.807) is 12.1 Å². The van der Waals surface area contributed by atoms with Crippen molar-refractivity contribution in [2.45, 2.75) is 13.3 Å². The standard InChI is InChI=1S/C15H15IN2O2/c1-3-11-4-6-12(7-5-11)17(2)13-8-9-15(18(19)20)14(16)10-13/h4-10H,3H2,1-2H3. The molecule has 0 amide bonds. The zero-order valence-corrected chi connectivity index (χ0v) is 13.5. The quantitative estimate of drug-likeness (QED) is 0.444. The molecular weight excluding hydrogens is 367 g/mol. The third-order valence-corrected chi connectivity index (χ3v) is 4.11. The molecule has 0 aliphatic rings. The van der Waals surface area contributed by atoms with E-state index in [2.05, 4.69) is 31.2 Å². The molecule has 0 aliphatic heterocycles. The Morgan fingerprint density at radius 3 is 2.25 bits per heavy atom. The second kappa shape index (κ2) is 6.21. The summed E-state index contributed by atoms with van der Waals surface area (Å²) < 4.78 is 0.641. The number of nitro groups is 1. The van der Waals surface area contributed by atoms with Crippen LogP contribution in [0.4, 0.5) is 17.1 Å². The monoisotopic (exact) mass is 382 g/mol. The van der Waals surface area contributed by atoms with Crippen molar-refractivity contribution in [2.75, 3.05) is 11.9 Å². The summed E-state index contributed by atoms with van der Waals surface area (Å²) in [5, 5.41) is 10.8. The van der Waals surface area contributed by atoms with Gasteiger partial charge < -0.3 is 4.90 Å². The lowest BCUT2D eigenvalue weighted by molar-refractivity contribution is -0.385.